The van der Waals surface area contributed by atoms with Gasteiger partial charge in [-0.15, -0.1) is 12.4 Å². The Labute approximate surface area is 225 Å². The fourth-order valence-electron chi connectivity index (χ4n) is 3.60. The molecule has 0 fully saturated rings. The molecule has 2 aromatic heterocycles. The molecule has 8 N–H and O–H groups in total. The van der Waals surface area contributed by atoms with Crippen LogP contribution in [0.1, 0.15) is 29.7 Å². The molecule has 15 heteroatoms. The minimum atomic E-state index is -0.573. The summed E-state index contributed by atoms with van der Waals surface area (Å²) in [7, 11) is 1.59. The molecule has 0 radical (unpaired) electrons. The van der Waals surface area contributed by atoms with E-state index in [1.165, 1.54) is 0 Å². The first-order valence-corrected chi connectivity index (χ1v) is 11.1. The maximum atomic E-state index is 12.8. The lowest BCUT2D eigenvalue weighted by molar-refractivity contribution is -0.667. The molecule has 0 aliphatic rings. The topological polar surface area (TPSA) is 180 Å². The number of benzene rings is 1. The Morgan fingerprint density at radius 3 is 2.56 bits per heavy atom. The summed E-state index contributed by atoms with van der Waals surface area (Å²) in [5.41, 5.74) is 18.4. The lowest BCUT2D eigenvalue weighted by Crippen LogP contribution is -3.00. The number of carbonyl (C=O) groups is 2. The Morgan fingerprint density at radius 1 is 1.19 bits per heavy atom. The standard InChI is InChI=1S/C21H28ClN9O3.2ClH/c1-3-30-14-9-12(34-2)5-6-13(14)31(11-15(32)26-8-4-7-23)16(30)10-27-21(33)17-19(24)29-20(25)18(22)28-17;;/h5-6,9H,3-4,7-8,10-11,23H2,1-2H3,(H5-,24,25,26,27,29,32,33);2*1H. The fraction of sp³-hybridized carbons (Fsp3) is 0.381. The molecule has 0 atom stereocenters. The first-order chi connectivity index (χ1) is 16.3. The Kier molecular flexibility index (Phi) is 11.9. The number of anilines is 2. The van der Waals surface area contributed by atoms with Gasteiger partial charge in [-0.2, -0.15) is 0 Å². The van der Waals surface area contributed by atoms with Gasteiger partial charge in [0, 0.05) is 12.6 Å². The van der Waals surface area contributed by atoms with Crippen LogP contribution in [0.15, 0.2) is 18.2 Å². The summed E-state index contributed by atoms with van der Waals surface area (Å²) in [5, 5.41) is 5.54. The predicted molar refractivity (Wildman–Crippen MR) is 135 cm³/mol. The zero-order valence-electron chi connectivity index (χ0n) is 19.9. The van der Waals surface area contributed by atoms with Gasteiger partial charge in [-0.3, -0.25) is 9.59 Å². The second-order valence-electron chi connectivity index (χ2n) is 7.41. The molecule has 0 saturated carbocycles. The highest BCUT2D eigenvalue weighted by Gasteiger charge is 2.27. The molecule has 3 aromatic rings. The van der Waals surface area contributed by atoms with E-state index in [0.29, 0.717) is 37.6 Å². The first kappa shape index (κ1) is 31.0. The summed E-state index contributed by atoms with van der Waals surface area (Å²) in [6.07, 6.45) is 0.680. The molecule has 0 bridgehead atoms. The second kappa shape index (κ2) is 13.9. The van der Waals surface area contributed by atoms with Crippen molar-refractivity contribution in [1.82, 2.24) is 25.2 Å². The molecule has 0 spiro atoms. The number of aromatic nitrogens is 4. The van der Waals surface area contributed by atoms with Crippen molar-refractivity contribution in [2.45, 2.75) is 33.0 Å². The van der Waals surface area contributed by atoms with E-state index in [0.717, 1.165) is 11.0 Å². The molecule has 0 unspecified atom stereocenters. The molecule has 12 nitrogen and oxygen atoms in total. The lowest BCUT2D eigenvalue weighted by atomic mass is 10.3. The Balaban J connectivity index is 0.00000324. The molecule has 0 aliphatic carbocycles. The number of hydrogen-bond acceptors (Lipinski definition) is 8. The summed E-state index contributed by atoms with van der Waals surface area (Å²) in [5.74, 6) is 0.436. The zero-order valence-corrected chi connectivity index (χ0v) is 22.2. The van der Waals surface area contributed by atoms with Crippen LogP contribution in [-0.2, 0) is 24.4 Å². The van der Waals surface area contributed by atoms with Crippen molar-refractivity contribution < 1.29 is 31.3 Å². The Morgan fingerprint density at radius 2 is 1.92 bits per heavy atom. The van der Waals surface area contributed by atoms with Crippen LogP contribution >= 0.6 is 24.0 Å². The van der Waals surface area contributed by atoms with Crippen LogP contribution in [0.3, 0.4) is 0 Å². The van der Waals surface area contributed by atoms with Gasteiger partial charge < -0.3 is 45.0 Å². The van der Waals surface area contributed by atoms with Crippen LogP contribution < -0.4 is 49.5 Å². The molecule has 36 heavy (non-hydrogen) atoms. The van der Waals surface area contributed by atoms with Gasteiger partial charge in [0.15, 0.2) is 40.1 Å². The molecular formula is C21H30Cl3N9O3. The Bertz CT molecular complexity index is 1220. The first-order valence-electron chi connectivity index (χ1n) is 10.7. The van der Waals surface area contributed by atoms with Crippen LogP contribution in [0, 0.1) is 0 Å². The SMILES string of the molecule is CCn1c(CNC(=O)c2nc(Cl)c(N)nc2N)[n+](CC(=O)NCCCN)c2ccc(OC)cc21.Cl.[Cl-]. The quantitative estimate of drug-likeness (QED) is 0.132. The van der Waals surface area contributed by atoms with Gasteiger partial charge >= 0.3 is 0 Å². The van der Waals surface area contributed by atoms with Crippen LogP contribution in [-0.4, -0.2) is 46.5 Å². The number of methoxy groups -OCH3 is 1. The molecule has 2 heterocycles. The van der Waals surface area contributed by atoms with Crippen molar-refractivity contribution in [2.24, 2.45) is 5.73 Å². The number of aryl methyl sites for hydroxylation is 1. The third kappa shape index (κ3) is 6.78. The number of nitrogens with one attached hydrogen (secondary N) is 2. The van der Waals surface area contributed by atoms with Gasteiger partial charge in [0.05, 0.1) is 13.7 Å². The normalized spacial score (nSPS) is 10.3. The van der Waals surface area contributed by atoms with E-state index in [1.54, 1.807) is 7.11 Å². The molecule has 1 aromatic carbocycles. The number of nitrogens with two attached hydrogens (primary N) is 3. The third-order valence-electron chi connectivity index (χ3n) is 5.24. The number of carbonyl (C=O) groups excluding carboxylic acids is 2. The highest BCUT2D eigenvalue weighted by Crippen LogP contribution is 2.22. The molecule has 2 amide bonds. The van der Waals surface area contributed by atoms with Gasteiger partial charge in [0.2, 0.25) is 0 Å². The van der Waals surface area contributed by atoms with Crippen molar-refractivity contribution in [1.29, 1.82) is 0 Å². The Hall–Kier alpha value is -3.06. The van der Waals surface area contributed by atoms with E-state index in [4.69, 9.17) is 33.5 Å². The average Bonchev–Trinajstić information content (AvgIpc) is 3.11. The molecule has 198 valence electrons. The van der Waals surface area contributed by atoms with Crippen molar-refractivity contribution in [3.05, 3.63) is 34.9 Å². The lowest BCUT2D eigenvalue weighted by Gasteiger charge is -2.09. The van der Waals surface area contributed by atoms with Crippen LogP contribution in [0.25, 0.3) is 11.0 Å². The number of fused-ring (bicyclic) bond motifs is 1. The van der Waals surface area contributed by atoms with E-state index in [9.17, 15) is 9.59 Å². The second-order valence-corrected chi connectivity index (χ2v) is 7.77. The van der Waals surface area contributed by atoms with Crippen molar-refractivity contribution >= 4 is 58.5 Å². The van der Waals surface area contributed by atoms with Gasteiger partial charge in [0.25, 0.3) is 17.6 Å². The third-order valence-corrected chi connectivity index (χ3v) is 5.51. The van der Waals surface area contributed by atoms with Crippen LogP contribution in [0.5, 0.6) is 5.75 Å². The summed E-state index contributed by atoms with van der Waals surface area (Å²) in [4.78, 5) is 33.2. The average molecular weight is 563 g/mol. The molecule has 0 saturated heterocycles. The van der Waals surface area contributed by atoms with Crippen LogP contribution in [0.2, 0.25) is 5.15 Å². The van der Waals surface area contributed by atoms with Crippen LogP contribution in [0.4, 0.5) is 11.6 Å². The van der Waals surface area contributed by atoms with Crippen molar-refractivity contribution in [3.63, 3.8) is 0 Å². The highest BCUT2D eigenvalue weighted by atomic mass is 35.5. The van der Waals surface area contributed by atoms with E-state index in [2.05, 4.69) is 20.6 Å². The number of amides is 2. The monoisotopic (exact) mass is 561 g/mol. The predicted octanol–water partition coefficient (Wildman–Crippen LogP) is -2.61. The smallest absolute Gasteiger partial charge is 0.277 e. The van der Waals surface area contributed by atoms with E-state index < -0.39 is 5.91 Å². The summed E-state index contributed by atoms with van der Waals surface area (Å²) < 4.78 is 9.22. The minimum Gasteiger partial charge on any atom is -1.00 e. The number of imidazole rings is 1. The molecule has 3 rings (SSSR count). The molecule has 0 aliphatic heterocycles. The number of ether oxygens (including phenoxy) is 1. The molecular weight excluding hydrogens is 533 g/mol. The maximum absolute atomic E-state index is 12.8. The van der Waals surface area contributed by atoms with Gasteiger partial charge in [-0.1, -0.05) is 11.6 Å². The number of nitrogens with zero attached hydrogens (tertiary/aromatic N) is 4. The number of hydrogen-bond donors (Lipinski definition) is 5. The van der Waals surface area contributed by atoms with Gasteiger partial charge in [0.1, 0.15) is 12.3 Å². The largest absolute Gasteiger partial charge is 1.00 e. The van der Waals surface area contributed by atoms with E-state index in [1.807, 2.05) is 34.3 Å². The van der Waals surface area contributed by atoms with Crippen molar-refractivity contribution in [3.8, 4) is 5.75 Å². The minimum absolute atomic E-state index is 0. The maximum Gasteiger partial charge on any atom is 0.277 e. The van der Waals surface area contributed by atoms with Gasteiger partial charge in [-0.05, 0) is 32.0 Å². The number of rotatable bonds is 10. The summed E-state index contributed by atoms with van der Waals surface area (Å²) >= 11 is 5.90. The van der Waals surface area contributed by atoms with E-state index >= 15 is 0 Å². The van der Waals surface area contributed by atoms with Crippen molar-refractivity contribution in [2.75, 3.05) is 31.7 Å². The summed E-state index contributed by atoms with van der Waals surface area (Å²) in [6.45, 7) is 3.67. The fourth-order valence-corrected chi connectivity index (χ4v) is 3.73. The van der Waals surface area contributed by atoms with Gasteiger partial charge in [-0.25, -0.2) is 19.1 Å². The zero-order chi connectivity index (χ0) is 24.8. The number of halogens is 3. The van der Waals surface area contributed by atoms with E-state index in [-0.39, 0.29) is 66.3 Å². The highest BCUT2D eigenvalue weighted by molar-refractivity contribution is 6.31. The summed E-state index contributed by atoms with van der Waals surface area (Å²) in [6, 6.07) is 5.58. The number of nitrogen functional groups attached to an aromatic ring is 2.